The molecule has 0 aliphatic rings. The van der Waals surface area contributed by atoms with Crippen LogP contribution in [0.25, 0.3) is 0 Å². The summed E-state index contributed by atoms with van der Waals surface area (Å²) >= 11 is 0. The van der Waals surface area contributed by atoms with Crippen LogP contribution in [-0.2, 0) is 16.1 Å². The number of methoxy groups -OCH3 is 1. The predicted octanol–water partition coefficient (Wildman–Crippen LogP) is 1.06. The molecular formula is C10H12FNO3. The molecule has 15 heavy (non-hydrogen) atoms. The van der Waals surface area contributed by atoms with E-state index in [-0.39, 0.29) is 12.2 Å². The molecule has 1 unspecified atom stereocenters. The molecule has 4 nitrogen and oxygen atoms in total. The molecule has 1 aromatic carbocycles. The minimum Gasteiger partial charge on any atom is -0.480 e. The van der Waals surface area contributed by atoms with Crippen molar-refractivity contribution in [1.29, 1.82) is 0 Å². The highest BCUT2D eigenvalue weighted by Gasteiger charge is 2.15. The fourth-order valence-electron chi connectivity index (χ4n) is 1.17. The summed E-state index contributed by atoms with van der Waals surface area (Å²) in [5.41, 5.74) is 5.94. The lowest BCUT2D eigenvalue weighted by molar-refractivity contribution is -0.138. The summed E-state index contributed by atoms with van der Waals surface area (Å²) in [6.07, 6.45) is 0. The van der Waals surface area contributed by atoms with Crippen LogP contribution in [-0.4, -0.2) is 18.2 Å². The van der Waals surface area contributed by atoms with E-state index in [2.05, 4.69) is 0 Å². The minimum atomic E-state index is -1.20. The van der Waals surface area contributed by atoms with Gasteiger partial charge in [-0.2, -0.15) is 0 Å². The van der Waals surface area contributed by atoms with Crippen molar-refractivity contribution in [2.24, 2.45) is 5.73 Å². The summed E-state index contributed by atoms with van der Waals surface area (Å²) < 4.78 is 18.1. The van der Waals surface area contributed by atoms with Crippen LogP contribution >= 0.6 is 0 Å². The van der Waals surface area contributed by atoms with E-state index < -0.39 is 17.8 Å². The Hall–Kier alpha value is -1.46. The van der Waals surface area contributed by atoms with Gasteiger partial charge in [-0.15, -0.1) is 0 Å². The molecule has 0 spiro atoms. The molecule has 0 aliphatic heterocycles. The maximum atomic E-state index is 13.3. The van der Waals surface area contributed by atoms with Crippen molar-refractivity contribution in [3.05, 3.63) is 35.1 Å². The smallest absolute Gasteiger partial charge is 0.325 e. The molecule has 1 aromatic rings. The van der Waals surface area contributed by atoms with E-state index in [1.807, 2.05) is 0 Å². The lowest BCUT2D eigenvalue weighted by atomic mass is 10.1. The van der Waals surface area contributed by atoms with Crippen LogP contribution < -0.4 is 5.73 Å². The summed E-state index contributed by atoms with van der Waals surface area (Å²) in [6.45, 7) is 0.147. The van der Waals surface area contributed by atoms with E-state index in [0.29, 0.717) is 5.56 Å². The fourth-order valence-corrected chi connectivity index (χ4v) is 1.17. The number of carbonyl (C=O) groups is 1. The Kier molecular flexibility index (Phi) is 3.76. The predicted molar refractivity (Wildman–Crippen MR) is 51.7 cm³/mol. The normalized spacial score (nSPS) is 12.5. The maximum Gasteiger partial charge on any atom is 0.325 e. The van der Waals surface area contributed by atoms with E-state index in [9.17, 15) is 9.18 Å². The van der Waals surface area contributed by atoms with E-state index in [1.54, 1.807) is 0 Å². The number of aliphatic carboxylic acids is 1. The number of carboxylic acid groups (broad SMARTS) is 1. The minimum absolute atomic E-state index is 0.147. The van der Waals surface area contributed by atoms with E-state index >= 15 is 0 Å². The summed E-state index contributed by atoms with van der Waals surface area (Å²) in [5, 5.41) is 8.63. The monoisotopic (exact) mass is 213 g/mol. The van der Waals surface area contributed by atoms with Gasteiger partial charge in [-0.25, -0.2) is 4.39 Å². The van der Waals surface area contributed by atoms with Gasteiger partial charge in [-0.3, -0.25) is 4.79 Å². The van der Waals surface area contributed by atoms with Crippen molar-refractivity contribution in [3.8, 4) is 0 Å². The Morgan fingerprint density at radius 3 is 2.80 bits per heavy atom. The molecule has 0 bridgehead atoms. The second kappa shape index (κ2) is 4.86. The highest BCUT2D eigenvalue weighted by atomic mass is 19.1. The first-order chi connectivity index (χ1) is 7.06. The summed E-state index contributed by atoms with van der Waals surface area (Å²) in [4.78, 5) is 10.5. The summed E-state index contributed by atoms with van der Waals surface area (Å²) in [5.74, 6) is -1.69. The molecule has 5 heteroatoms. The molecule has 0 radical (unpaired) electrons. The number of rotatable bonds is 4. The SMILES string of the molecule is COCc1ccc(C(N)C(=O)O)cc1F. The maximum absolute atomic E-state index is 13.3. The number of benzene rings is 1. The van der Waals surface area contributed by atoms with Gasteiger partial charge < -0.3 is 15.6 Å². The quantitative estimate of drug-likeness (QED) is 0.784. The molecule has 1 atom stereocenters. The van der Waals surface area contributed by atoms with E-state index in [1.165, 1.54) is 19.2 Å². The van der Waals surface area contributed by atoms with Crippen LogP contribution in [0.2, 0.25) is 0 Å². The molecule has 0 fully saturated rings. The van der Waals surface area contributed by atoms with Crippen LogP contribution in [0.3, 0.4) is 0 Å². The van der Waals surface area contributed by atoms with E-state index in [0.717, 1.165) is 6.07 Å². The summed E-state index contributed by atoms with van der Waals surface area (Å²) in [6, 6.07) is 2.87. The first-order valence-electron chi connectivity index (χ1n) is 4.32. The first kappa shape index (κ1) is 11.6. The zero-order valence-corrected chi connectivity index (χ0v) is 8.24. The Balaban J connectivity index is 2.95. The van der Waals surface area contributed by atoms with Gasteiger partial charge in [0.2, 0.25) is 0 Å². The Morgan fingerprint density at radius 2 is 2.33 bits per heavy atom. The van der Waals surface area contributed by atoms with Crippen molar-refractivity contribution < 1.29 is 19.0 Å². The zero-order chi connectivity index (χ0) is 11.4. The molecule has 82 valence electrons. The van der Waals surface area contributed by atoms with Crippen LogP contribution in [0.15, 0.2) is 18.2 Å². The molecule has 0 saturated carbocycles. The third-order valence-corrected chi connectivity index (χ3v) is 2.00. The molecule has 0 aliphatic carbocycles. The highest BCUT2D eigenvalue weighted by molar-refractivity contribution is 5.75. The standard InChI is InChI=1S/C10H12FNO3/c1-15-5-7-3-2-6(4-8(7)11)9(12)10(13)14/h2-4,9H,5,12H2,1H3,(H,13,14). The van der Waals surface area contributed by atoms with Gasteiger partial charge >= 0.3 is 5.97 Å². The van der Waals surface area contributed by atoms with Crippen molar-refractivity contribution in [1.82, 2.24) is 0 Å². The van der Waals surface area contributed by atoms with Gasteiger partial charge in [0, 0.05) is 12.7 Å². The van der Waals surface area contributed by atoms with Crippen molar-refractivity contribution in [2.75, 3.05) is 7.11 Å². The largest absolute Gasteiger partial charge is 0.480 e. The Bertz CT molecular complexity index is 368. The number of nitrogens with two attached hydrogens (primary N) is 1. The molecular weight excluding hydrogens is 201 g/mol. The van der Waals surface area contributed by atoms with Crippen LogP contribution in [0.5, 0.6) is 0 Å². The zero-order valence-electron chi connectivity index (χ0n) is 8.24. The molecule has 3 N–H and O–H groups in total. The van der Waals surface area contributed by atoms with Crippen LogP contribution in [0, 0.1) is 5.82 Å². The number of carboxylic acids is 1. The fraction of sp³-hybridized carbons (Fsp3) is 0.300. The number of hydrogen-bond acceptors (Lipinski definition) is 3. The van der Waals surface area contributed by atoms with Crippen molar-refractivity contribution in [3.63, 3.8) is 0 Å². The van der Waals surface area contributed by atoms with Gasteiger partial charge in [0.25, 0.3) is 0 Å². The molecule has 0 amide bonds. The van der Waals surface area contributed by atoms with Crippen LogP contribution in [0.1, 0.15) is 17.2 Å². The number of hydrogen-bond donors (Lipinski definition) is 2. The third-order valence-electron chi connectivity index (χ3n) is 2.00. The van der Waals surface area contributed by atoms with E-state index in [4.69, 9.17) is 15.6 Å². The Morgan fingerprint density at radius 1 is 1.67 bits per heavy atom. The van der Waals surface area contributed by atoms with Gasteiger partial charge in [-0.1, -0.05) is 12.1 Å². The van der Waals surface area contributed by atoms with Gasteiger partial charge in [0.15, 0.2) is 0 Å². The number of halogens is 1. The lowest BCUT2D eigenvalue weighted by Crippen LogP contribution is -2.20. The second-order valence-electron chi connectivity index (χ2n) is 3.10. The molecule has 0 aromatic heterocycles. The van der Waals surface area contributed by atoms with Crippen molar-refractivity contribution >= 4 is 5.97 Å². The topological polar surface area (TPSA) is 72.5 Å². The Labute approximate surface area is 86.5 Å². The number of ether oxygens (including phenoxy) is 1. The summed E-state index contributed by atoms with van der Waals surface area (Å²) in [7, 11) is 1.45. The third kappa shape index (κ3) is 2.74. The first-order valence-corrected chi connectivity index (χ1v) is 4.32. The molecule has 0 heterocycles. The van der Waals surface area contributed by atoms with Crippen molar-refractivity contribution in [2.45, 2.75) is 12.6 Å². The average molecular weight is 213 g/mol. The lowest BCUT2D eigenvalue weighted by Gasteiger charge is -2.08. The molecule has 1 rings (SSSR count). The highest BCUT2D eigenvalue weighted by Crippen LogP contribution is 2.16. The van der Waals surface area contributed by atoms with Gasteiger partial charge in [0.1, 0.15) is 11.9 Å². The van der Waals surface area contributed by atoms with Gasteiger partial charge in [0.05, 0.1) is 6.61 Å². The van der Waals surface area contributed by atoms with Crippen LogP contribution in [0.4, 0.5) is 4.39 Å². The average Bonchev–Trinajstić information content (AvgIpc) is 2.20. The molecule has 0 saturated heterocycles. The second-order valence-corrected chi connectivity index (χ2v) is 3.10. The van der Waals surface area contributed by atoms with Gasteiger partial charge in [-0.05, 0) is 11.6 Å².